The van der Waals surface area contributed by atoms with Gasteiger partial charge >= 0.3 is 6.18 Å². The Labute approximate surface area is 145 Å². The molecule has 0 unspecified atom stereocenters. The fraction of sp³-hybridized carbons (Fsp3) is 0.267. The minimum atomic E-state index is -4.85. The first-order valence-corrected chi connectivity index (χ1v) is 7.53. The van der Waals surface area contributed by atoms with Gasteiger partial charge in [0.25, 0.3) is 0 Å². The van der Waals surface area contributed by atoms with Crippen LogP contribution in [0.25, 0.3) is 0 Å². The highest BCUT2D eigenvalue weighted by atomic mass is 35.5. The monoisotopic (exact) mass is 383 g/mol. The van der Waals surface area contributed by atoms with Gasteiger partial charge in [0.15, 0.2) is 5.60 Å². The first kappa shape index (κ1) is 18.3. The van der Waals surface area contributed by atoms with E-state index < -0.39 is 17.3 Å². The normalized spacial score (nSPS) is 14.6. The largest absolute Gasteiger partial charge is 0.421 e. The van der Waals surface area contributed by atoms with Gasteiger partial charge in [-0.25, -0.2) is 0 Å². The summed E-state index contributed by atoms with van der Waals surface area (Å²) in [5, 5.41) is 10.2. The number of pyridine rings is 1. The van der Waals surface area contributed by atoms with Crippen LogP contribution in [0.3, 0.4) is 0 Å². The number of benzene rings is 1. The number of halogens is 6. The van der Waals surface area contributed by atoms with E-state index >= 15 is 0 Å². The Kier molecular flexibility index (Phi) is 5.16. The molecular formula is C15H11Cl3F3NO. The second-order valence-electron chi connectivity index (χ2n) is 5.13. The summed E-state index contributed by atoms with van der Waals surface area (Å²) in [4.78, 5) is 4.09. The molecule has 0 aliphatic heterocycles. The molecule has 0 radical (unpaired) electrons. The highest BCUT2D eigenvalue weighted by Crippen LogP contribution is 2.41. The number of rotatable bonds is 3. The van der Waals surface area contributed by atoms with Gasteiger partial charge in [0.1, 0.15) is 0 Å². The summed E-state index contributed by atoms with van der Waals surface area (Å²) in [6.45, 7) is 0.648. The molecule has 23 heavy (non-hydrogen) atoms. The number of hydrogen-bond acceptors (Lipinski definition) is 2. The summed E-state index contributed by atoms with van der Waals surface area (Å²) in [7, 11) is 0. The first-order chi connectivity index (χ1) is 10.5. The summed E-state index contributed by atoms with van der Waals surface area (Å²) in [6, 6.07) is 5.42. The summed E-state index contributed by atoms with van der Waals surface area (Å²) in [6.07, 6.45) is -3.18. The molecule has 0 bridgehead atoms. The molecule has 0 saturated carbocycles. The van der Waals surface area contributed by atoms with Crippen molar-refractivity contribution in [1.29, 1.82) is 0 Å². The van der Waals surface area contributed by atoms with E-state index in [1.165, 1.54) is 6.20 Å². The molecule has 8 heteroatoms. The third-order valence-corrected chi connectivity index (χ3v) is 4.30. The van der Waals surface area contributed by atoms with Gasteiger partial charge in [-0.05, 0) is 42.3 Å². The van der Waals surface area contributed by atoms with Gasteiger partial charge in [-0.2, -0.15) is 13.2 Å². The molecule has 0 aliphatic carbocycles. The minimum Gasteiger partial charge on any atom is -0.376 e. The maximum Gasteiger partial charge on any atom is 0.421 e. The molecule has 0 amide bonds. The minimum absolute atomic E-state index is 0.0220. The standard InChI is InChI=1S/C15H11Cl3F3NO/c1-14(23,15(19,20)21)8-4-12(17)11(13(18)5-8)6-10-3-2-9(16)7-22-10/h2-5,7,23H,6H2,1H3/t14-/m0/s1. The zero-order chi connectivity index (χ0) is 17.4. The molecule has 2 rings (SSSR count). The second-order valence-corrected chi connectivity index (χ2v) is 6.38. The van der Waals surface area contributed by atoms with Crippen molar-refractivity contribution in [2.45, 2.75) is 25.1 Å². The number of alkyl halides is 3. The van der Waals surface area contributed by atoms with Crippen molar-refractivity contribution in [3.05, 3.63) is 62.4 Å². The number of aliphatic hydroxyl groups is 1. The van der Waals surface area contributed by atoms with Gasteiger partial charge in [0.05, 0.1) is 5.02 Å². The van der Waals surface area contributed by atoms with Gasteiger partial charge in [0.2, 0.25) is 0 Å². The maximum atomic E-state index is 12.9. The molecule has 0 fully saturated rings. The topological polar surface area (TPSA) is 33.1 Å². The van der Waals surface area contributed by atoms with Crippen molar-refractivity contribution in [3.63, 3.8) is 0 Å². The molecule has 124 valence electrons. The van der Waals surface area contributed by atoms with Gasteiger partial charge in [-0.15, -0.1) is 0 Å². The van der Waals surface area contributed by atoms with Crippen molar-refractivity contribution in [2.24, 2.45) is 0 Å². The lowest BCUT2D eigenvalue weighted by Crippen LogP contribution is -2.39. The third-order valence-electron chi connectivity index (χ3n) is 3.40. The molecule has 0 saturated heterocycles. The van der Waals surface area contributed by atoms with Gasteiger partial charge < -0.3 is 5.11 Å². The number of nitrogens with zero attached hydrogens (tertiary/aromatic N) is 1. The number of aromatic nitrogens is 1. The Hall–Kier alpha value is -1.01. The van der Waals surface area contributed by atoms with Crippen LogP contribution in [0.15, 0.2) is 30.5 Å². The van der Waals surface area contributed by atoms with Gasteiger partial charge in [0, 0.05) is 28.4 Å². The lowest BCUT2D eigenvalue weighted by atomic mass is 9.93. The van der Waals surface area contributed by atoms with E-state index in [4.69, 9.17) is 34.8 Å². The first-order valence-electron chi connectivity index (χ1n) is 6.40. The molecule has 0 aliphatic rings. The molecule has 1 aromatic heterocycles. The van der Waals surface area contributed by atoms with E-state index in [2.05, 4.69) is 4.98 Å². The van der Waals surface area contributed by atoms with Crippen LogP contribution in [-0.2, 0) is 12.0 Å². The van der Waals surface area contributed by atoms with Crippen molar-refractivity contribution in [3.8, 4) is 0 Å². The van der Waals surface area contributed by atoms with Crippen LogP contribution < -0.4 is 0 Å². The van der Waals surface area contributed by atoms with E-state index in [-0.39, 0.29) is 16.5 Å². The molecular weight excluding hydrogens is 374 g/mol. The van der Waals surface area contributed by atoms with Crippen molar-refractivity contribution >= 4 is 34.8 Å². The van der Waals surface area contributed by atoms with Crippen LogP contribution >= 0.6 is 34.8 Å². The predicted molar refractivity (Wildman–Crippen MR) is 84.1 cm³/mol. The third kappa shape index (κ3) is 3.91. The maximum absolute atomic E-state index is 12.9. The Morgan fingerprint density at radius 1 is 1.09 bits per heavy atom. The quantitative estimate of drug-likeness (QED) is 0.768. The molecule has 2 nitrogen and oxygen atoms in total. The van der Waals surface area contributed by atoms with Crippen LogP contribution in [0.2, 0.25) is 15.1 Å². The van der Waals surface area contributed by atoms with E-state index in [0.717, 1.165) is 12.1 Å². The SMILES string of the molecule is C[C@](O)(c1cc(Cl)c(Cc2ccc(Cl)cn2)c(Cl)c1)C(F)(F)F. The fourth-order valence-electron chi connectivity index (χ4n) is 1.91. The number of hydrogen-bond donors (Lipinski definition) is 1. The summed E-state index contributed by atoms with van der Waals surface area (Å²) >= 11 is 17.9. The predicted octanol–water partition coefficient (Wildman–Crippen LogP) is 5.40. The van der Waals surface area contributed by atoms with Crippen molar-refractivity contribution in [1.82, 2.24) is 4.98 Å². The van der Waals surface area contributed by atoms with E-state index in [0.29, 0.717) is 23.2 Å². The lowest BCUT2D eigenvalue weighted by molar-refractivity contribution is -0.258. The molecule has 2 aromatic rings. The smallest absolute Gasteiger partial charge is 0.376 e. The fourth-order valence-corrected chi connectivity index (χ4v) is 2.64. The van der Waals surface area contributed by atoms with Crippen LogP contribution in [-0.4, -0.2) is 16.3 Å². The molecule has 1 N–H and O–H groups in total. The van der Waals surface area contributed by atoms with Crippen molar-refractivity contribution < 1.29 is 18.3 Å². The van der Waals surface area contributed by atoms with Crippen LogP contribution in [0.4, 0.5) is 13.2 Å². The summed E-state index contributed by atoms with van der Waals surface area (Å²) in [5.41, 5.74) is -2.44. The Morgan fingerprint density at radius 3 is 2.09 bits per heavy atom. The van der Waals surface area contributed by atoms with E-state index in [1.807, 2.05) is 0 Å². The second kappa shape index (κ2) is 6.48. The Morgan fingerprint density at radius 2 is 1.65 bits per heavy atom. The Bertz CT molecular complexity index is 692. The Balaban J connectivity index is 2.40. The van der Waals surface area contributed by atoms with Gasteiger partial charge in [-0.1, -0.05) is 34.8 Å². The van der Waals surface area contributed by atoms with Crippen LogP contribution in [0.5, 0.6) is 0 Å². The zero-order valence-electron chi connectivity index (χ0n) is 11.8. The lowest BCUT2D eigenvalue weighted by Gasteiger charge is -2.27. The average Bonchev–Trinajstić information content (AvgIpc) is 2.43. The molecule has 1 heterocycles. The van der Waals surface area contributed by atoms with Crippen molar-refractivity contribution in [2.75, 3.05) is 0 Å². The van der Waals surface area contributed by atoms with Crippen LogP contribution in [0.1, 0.15) is 23.7 Å². The van der Waals surface area contributed by atoms with Crippen LogP contribution in [0, 0.1) is 0 Å². The van der Waals surface area contributed by atoms with Gasteiger partial charge in [-0.3, -0.25) is 4.98 Å². The summed E-state index contributed by atoms with van der Waals surface area (Å²) < 4.78 is 38.7. The highest BCUT2D eigenvalue weighted by molar-refractivity contribution is 6.36. The zero-order valence-corrected chi connectivity index (χ0v) is 14.0. The highest BCUT2D eigenvalue weighted by Gasteiger charge is 2.51. The molecule has 0 spiro atoms. The molecule has 1 aromatic carbocycles. The summed E-state index contributed by atoms with van der Waals surface area (Å²) in [5.74, 6) is 0. The average molecular weight is 385 g/mol. The molecule has 1 atom stereocenters. The van der Waals surface area contributed by atoms with E-state index in [1.54, 1.807) is 12.1 Å². The van der Waals surface area contributed by atoms with E-state index in [9.17, 15) is 18.3 Å².